The number of aromatic nitrogens is 3. The predicted octanol–water partition coefficient (Wildman–Crippen LogP) is 4.42. The summed E-state index contributed by atoms with van der Waals surface area (Å²) < 4.78 is 5.78. The van der Waals surface area contributed by atoms with Crippen molar-refractivity contribution >= 4 is 17.6 Å². The Morgan fingerprint density at radius 3 is 2.50 bits per heavy atom. The van der Waals surface area contributed by atoms with Gasteiger partial charge in [0.1, 0.15) is 5.75 Å². The van der Waals surface area contributed by atoms with Crippen molar-refractivity contribution in [1.82, 2.24) is 15.2 Å². The molecule has 34 heavy (non-hydrogen) atoms. The summed E-state index contributed by atoms with van der Waals surface area (Å²) in [5, 5.41) is 20.0. The number of benzene rings is 2. The first kappa shape index (κ1) is 22.6. The lowest BCUT2D eigenvalue weighted by atomic mass is 10.1. The van der Waals surface area contributed by atoms with Crippen molar-refractivity contribution in [2.45, 2.75) is 13.3 Å². The molecule has 0 aliphatic heterocycles. The normalized spacial score (nSPS) is 10.5. The van der Waals surface area contributed by atoms with E-state index < -0.39 is 5.97 Å². The van der Waals surface area contributed by atoms with Crippen molar-refractivity contribution in [2.24, 2.45) is 0 Å². The summed E-state index contributed by atoms with van der Waals surface area (Å²) in [7, 11) is 0. The van der Waals surface area contributed by atoms with Gasteiger partial charge >= 0.3 is 5.97 Å². The summed E-state index contributed by atoms with van der Waals surface area (Å²) in [5.74, 6) is -0.739. The minimum Gasteiger partial charge on any atom is -0.493 e. The maximum atomic E-state index is 12.7. The first-order chi connectivity index (χ1) is 16.5. The summed E-state index contributed by atoms with van der Waals surface area (Å²) in [6.45, 7) is 2.17. The number of aryl methyl sites for hydroxylation is 1. The van der Waals surface area contributed by atoms with E-state index in [0.29, 0.717) is 35.0 Å². The van der Waals surface area contributed by atoms with Crippen LogP contribution in [0.3, 0.4) is 0 Å². The summed E-state index contributed by atoms with van der Waals surface area (Å²) >= 11 is 0. The number of carboxylic acid groups (broad SMARTS) is 1. The number of hydrogen-bond acceptors (Lipinski definition) is 6. The Kier molecular flexibility index (Phi) is 6.88. The number of nitrogens with one attached hydrogen (secondary N) is 1. The van der Waals surface area contributed by atoms with Gasteiger partial charge in [-0.25, -0.2) is 4.79 Å². The smallest absolute Gasteiger partial charge is 0.337 e. The lowest BCUT2D eigenvalue weighted by Gasteiger charge is -2.09. The van der Waals surface area contributed by atoms with Crippen LogP contribution < -0.4 is 10.1 Å². The molecule has 0 aliphatic rings. The Morgan fingerprint density at radius 2 is 1.76 bits per heavy atom. The molecule has 1 amide bonds. The molecular formula is C26H22N4O4. The monoisotopic (exact) mass is 454 g/mol. The van der Waals surface area contributed by atoms with E-state index in [-0.39, 0.29) is 17.0 Å². The van der Waals surface area contributed by atoms with Gasteiger partial charge in [-0.05, 0) is 48.9 Å². The number of pyridine rings is 1. The Balaban J connectivity index is 1.39. The fourth-order valence-electron chi connectivity index (χ4n) is 3.29. The van der Waals surface area contributed by atoms with Crippen LogP contribution in [0.4, 0.5) is 5.69 Å². The van der Waals surface area contributed by atoms with Gasteiger partial charge in [0.25, 0.3) is 5.91 Å². The lowest BCUT2D eigenvalue weighted by molar-refractivity contribution is 0.0695. The van der Waals surface area contributed by atoms with E-state index in [9.17, 15) is 14.7 Å². The van der Waals surface area contributed by atoms with Crippen LogP contribution in [0.2, 0.25) is 0 Å². The zero-order valence-electron chi connectivity index (χ0n) is 18.4. The van der Waals surface area contributed by atoms with Gasteiger partial charge in [0.05, 0.1) is 35.3 Å². The van der Waals surface area contributed by atoms with Crippen LogP contribution in [-0.4, -0.2) is 38.8 Å². The molecule has 0 spiro atoms. The molecular weight excluding hydrogens is 432 g/mol. The van der Waals surface area contributed by atoms with Gasteiger partial charge in [0.15, 0.2) is 0 Å². The maximum Gasteiger partial charge on any atom is 0.337 e. The van der Waals surface area contributed by atoms with E-state index in [1.54, 1.807) is 37.3 Å². The quantitative estimate of drug-likeness (QED) is 0.405. The molecule has 2 aromatic heterocycles. The summed E-state index contributed by atoms with van der Waals surface area (Å²) in [5.41, 5.74) is 3.37. The van der Waals surface area contributed by atoms with Crippen LogP contribution in [0.5, 0.6) is 5.75 Å². The number of hydrogen-bond donors (Lipinski definition) is 2. The van der Waals surface area contributed by atoms with E-state index in [4.69, 9.17) is 4.74 Å². The van der Waals surface area contributed by atoms with Crippen molar-refractivity contribution in [3.05, 3.63) is 102 Å². The fourth-order valence-corrected chi connectivity index (χ4v) is 3.29. The molecule has 8 heteroatoms. The standard InChI is InChI=1S/C26H22N4O4/c1-17-23(26(32)33)13-19(15-27-17)24-14-20(16-28-30-24)25(31)29-21-7-9-22(10-8-21)34-12-11-18-5-3-2-4-6-18/h2-10,13-16H,11-12H2,1H3,(H,29,31)(H,32,33). The molecule has 0 fully saturated rings. The zero-order chi connectivity index (χ0) is 23.9. The van der Waals surface area contributed by atoms with Crippen LogP contribution in [0.25, 0.3) is 11.3 Å². The summed E-state index contributed by atoms with van der Waals surface area (Å²) in [6.07, 6.45) is 3.66. The summed E-state index contributed by atoms with van der Waals surface area (Å²) in [4.78, 5) is 28.2. The van der Waals surface area contributed by atoms with Gasteiger partial charge in [-0.15, -0.1) is 0 Å². The SMILES string of the molecule is Cc1ncc(-c2cc(C(=O)Nc3ccc(OCCc4ccccc4)cc3)cnn2)cc1C(=O)O. The maximum absolute atomic E-state index is 12.7. The molecule has 0 saturated carbocycles. The second-order valence-electron chi connectivity index (χ2n) is 7.55. The third kappa shape index (κ3) is 5.60. The van der Waals surface area contributed by atoms with Crippen molar-refractivity contribution in [3.8, 4) is 17.0 Å². The van der Waals surface area contributed by atoms with E-state index in [0.717, 1.165) is 6.42 Å². The minimum atomic E-state index is -1.08. The van der Waals surface area contributed by atoms with Crippen LogP contribution in [0.1, 0.15) is 32.0 Å². The lowest BCUT2D eigenvalue weighted by Crippen LogP contribution is -2.13. The summed E-state index contributed by atoms with van der Waals surface area (Å²) in [6, 6.07) is 20.2. The average molecular weight is 454 g/mol. The van der Waals surface area contributed by atoms with Gasteiger partial charge in [0, 0.05) is 23.9 Å². The molecule has 0 unspecified atom stereocenters. The molecule has 0 radical (unpaired) electrons. The first-order valence-corrected chi connectivity index (χ1v) is 10.6. The van der Waals surface area contributed by atoms with E-state index in [1.165, 1.54) is 24.0 Å². The van der Waals surface area contributed by atoms with Crippen molar-refractivity contribution in [2.75, 3.05) is 11.9 Å². The molecule has 4 aromatic rings. The largest absolute Gasteiger partial charge is 0.493 e. The number of carbonyl (C=O) groups is 2. The minimum absolute atomic E-state index is 0.0697. The predicted molar refractivity (Wildman–Crippen MR) is 127 cm³/mol. The topological polar surface area (TPSA) is 114 Å². The van der Waals surface area contributed by atoms with Gasteiger partial charge in [-0.2, -0.15) is 10.2 Å². The first-order valence-electron chi connectivity index (χ1n) is 10.6. The Bertz CT molecular complexity index is 1310. The molecule has 4 rings (SSSR count). The van der Waals surface area contributed by atoms with E-state index in [1.807, 2.05) is 18.2 Å². The van der Waals surface area contributed by atoms with Crippen molar-refractivity contribution in [3.63, 3.8) is 0 Å². The second-order valence-corrected chi connectivity index (χ2v) is 7.55. The molecule has 2 aromatic carbocycles. The second kappa shape index (κ2) is 10.4. The van der Waals surface area contributed by atoms with Crippen LogP contribution >= 0.6 is 0 Å². The van der Waals surface area contributed by atoms with Gasteiger partial charge in [0.2, 0.25) is 0 Å². The number of nitrogens with zero attached hydrogens (tertiary/aromatic N) is 3. The highest BCUT2D eigenvalue weighted by atomic mass is 16.5. The molecule has 0 saturated heterocycles. The van der Waals surface area contributed by atoms with Gasteiger partial charge < -0.3 is 15.2 Å². The number of rotatable bonds is 8. The third-order valence-electron chi connectivity index (χ3n) is 5.14. The number of anilines is 1. The third-order valence-corrected chi connectivity index (χ3v) is 5.14. The number of carbonyl (C=O) groups excluding carboxylic acids is 1. The number of carboxylic acids is 1. The highest BCUT2D eigenvalue weighted by Gasteiger charge is 2.14. The average Bonchev–Trinajstić information content (AvgIpc) is 2.86. The highest BCUT2D eigenvalue weighted by molar-refractivity contribution is 6.04. The van der Waals surface area contributed by atoms with Crippen LogP contribution in [0, 0.1) is 6.92 Å². The molecule has 0 aliphatic carbocycles. The number of amides is 1. The number of aromatic carboxylic acids is 1. The highest BCUT2D eigenvalue weighted by Crippen LogP contribution is 2.21. The fraction of sp³-hybridized carbons (Fsp3) is 0.115. The van der Waals surface area contributed by atoms with Gasteiger partial charge in [-0.3, -0.25) is 9.78 Å². The molecule has 170 valence electrons. The van der Waals surface area contributed by atoms with Crippen molar-refractivity contribution in [1.29, 1.82) is 0 Å². The Morgan fingerprint density at radius 1 is 1.00 bits per heavy atom. The molecule has 0 atom stereocenters. The van der Waals surface area contributed by atoms with Crippen LogP contribution in [-0.2, 0) is 6.42 Å². The Hall–Kier alpha value is -4.59. The van der Waals surface area contributed by atoms with E-state index >= 15 is 0 Å². The molecule has 0 bridgehead atoms. The Labute approximate surface area is 196 Å². The molecule has 2 heterocycles. The zero-order valence-corrected chi connectivity index (χ0v) is 18.4. The van der Waals surface area contributed by atoms with Crippen LogP contribution in [0.15, 0.2) is 79.1 Å². The van der Waals surface area contributed by atoms with E-state index in [2.05, 4.69) is 32.6 Å². The van der Waals surface area contributed by atoms with Gasteiger partial charge in [-0.1, -0.05) is 30.3 Å². The molecule has 2 N–H and O–H groups in total. The number of ether oxygens (including phenoxy) is 1. The molecule has 8 nitrogen and oxygen atoms in total. The van der Waals surface area contributed by atoms with Crippen molar-refractivity contribution < 1.29 is 19.4 Å².